The summed E-state index contributed by atoms with van der Waals surface area (Å²) in [5.74, 6) is 0.618. The summed E-state index contributed by atoms with van der Waals surface area (Å²) in [6.45, 7) is 9.17. The van der Waals surface area contributed by atoms with Crippen LogP contribution in [0.1, 0.15) is 53.5 Å². The van der Waals surface area contributed by atoms with Crippen molar-refractivity contribution in [3.8, 4) is 0 Å². The van der Waals surface area contributed by atoms with E-state index in [4.69, 9.17) is 11.6 Å². The van der Waals surface area contributed by atoms with Crippen LogP contribution in [0, 0.1) is 0 Å². The summed E-state index contributed by atoms with van der Waals surface area (Å²) in [6, 6.07) is 18.6. The first kappa shape index (κ1) is 24.7. The van der Waals surface area contributed by atoms with Crippen molar-refractivity contribution in [3.63, 3.8) is 0 Å². The van der Waals surface area contributed by atoms with Crippen molar-refractivity contribution in [2.75, 3.05) is 36.4 Å². The zero-order valence-electron chi connectivity index (χ0n) is 20.4. The van der Waals surface area contributed by atoms with Gasteiger partial charge in [0.15, 0.2) is 0 Å². The second-order valence-corrected chi connectivity index (χ2v) is 10.2. The largest absolute Gasteiger partial charge is 0.355 e. The number of hydrogen-bond donors (Lipinski definition) is 1. The SMILES string of the molecule is CC(C)(C)c1ccc(C(=O)Nc2ccc(N3CCCN(C(=O)c4ccccc4Cl)CC3)nc2)cc1. The van der Waals surface area contributed by atoms with E-state index in [1.165, 1.54) is 5.56 Å². The molecule has 0 saturated carbocycles. The van der Waals surface area contributed by atoms with Crippen molar-refractivity contribution in [2.24, 2.45) is 0 Å². The molecule has 0 atom stereocenters. The number of hydrogen-bond acceptors (Lipinski definition) is 4. The third kappa shape index (κ3) is 6.01. The van der Waals surface area contributed by atoms with Crippen LogP contribution in [0.15, 0.2) is 66.9 Å². The first-order valence-corrected chi connectivity index (χ1v) is 12.3. The predicted octanol–water partition coefficient (Wildman–Crippen LogP) is 5.64. The van der Waals surface area contributed by atoms with E-state index in [2.05, 4.69) is 36.0 Å². The van der Waals surface area contributed by atoms with E-state index in [1.807, 2.05) is 53.4 Å². The van der Waals surface area contributed by atoms with Gasteiger partial charge in [0, 0.05) is 31.7 Å². The fourth-order valence-corrected chi connectivity index (χ4v) is 4.34. The predicted molar refractivity (Wildman–Crippen MR) is 142 cm³/mol. The maximum absolute atomic E-state index is 12.9. The smallest absolute Gasteiger partial charge is 0.255 e. The van der Waals surface area contributed by atoms with Crippen LogP contribution >= 0.6 is 11.6 Å². The molecule has 2 aromatic carbocycles. The van der Waals surface area contributed by atoms with Crippen molar-refractivity contribution in [1.82, 2.24) is 9.88 Å². The lowest BCUT2D eigenvalue weighted by Gasteiger charge is -2.23. The van der Waals surface area contributed by atoms with Gasteiger partial charge in [0.05, 0.1) is 22.5 Å². The lowest BCUT2D eigenvalue weighted by Crippen LogP contribution is -2.35. The van der Waals surface area contributed by atoms with Crippen LogP contribution in [0.5, 0.6) is 0 Å². The fourth-order valence-electron chi connectivity index (χ4n) is 4.13. The molecule has 0 unspecified atom stereocenters. The number of aromatic nitrogens is 1. The second kappa shape index (κ2) is 10.5. The summed E-state index contributed by atoms with van der Waals surface area (Å²) in [4.78, 5) is 34.1. The molecule has 1 aliphatic heterocycles. The van der Waals surface area contributed by atoms with Gasteiger partial charge >= 0.3 is 0 Å². The monoisotopic (exact) mass is 490 g/mol. The highest BCUT2D eigenvalue weighted by molar-refractivity contribution is 6.33. The minimum absolute atomic E-state index is 0.0426. The summed E-state index contributed by atoms with van der Waals surface area (Å²) in [5, 5.41) is 3.39. The number of pyridine rings is 1. The molecular formula is C28H31ClN4O2. The number of benzene rings is 2. The molecule has 1 saturated heterocycles. The van der Waals surface area contributed by atoms with Crippen molar-refractivity contribution in [1.29, 1.82) is 0 Å². The fraction of sp³-hybridized carbons (Fsp3) is 0.321. The van der Waals surface area contributed by atoms with E-state index in [1.54, 1.807) is 18.3 Å². The third-order valence-electron chi connectivity index (χ3n) is 6.23. The van der Waals surface area contributed by atoms with E-state index in [0.29, 0.717) is 41.5 Å². The Morgan fingerprint density at radius 3 is 2.31 bits per heavy atom. The van der Waals surface area contributed by atoms with Crippen LogP contribution in [0.25, 0.3) is 0 Å². The highest BCUT2D eigenvalue weighted by atomic mass is 35.5. The topological polar surface area (TPSA) is 65.5 Å². The minimum atomic E-state index is -0.163. The molecular weight excluding hydrogens is 460 g/mol. The molecule has 0 bridgehead atoms. The maximum atomic E-state index is 12.9. The zero-order valence-corrected chi connectivity index (χ0v) is 21.2. The molecule has 7 heteroatoms. The van der Waals surface area contributed by atoms with E-state index in [9.17, 15) is 9.59 Å². The summed E-state index contributed by atoms with van der Waals surface area (Å²) in [5.41, 5.74) is 3.02. The molecule has 4 rings (SSSR count). The van der Waals surface area contributed by atoms with Gasteiger partial charge in [0.25, 0.3) is 11.8 Å². The van der Waals surface area contributed by atoms with Crippen LogP contribution in [0.4, 0.5) is 11.5 Å². The Kier molecular flexibility index (Phi) is 7.41. The maximum Gasteiger partial charge on any atom is 0.255 e. The average Bonchev–Trinajstić information content (AvgIpc) is 3.10. The lowest BCUT2D eigenvalue weighted by molar-refractivity contribution is 0.0767. The van der Waals surface area contributed by atoms with Gasteiger partial charge in [-0.2, -0.15) is 0 Å². The summed E-state index contributed by atoms with van der Waals surface area (Å²) < 4.78 is 0. The van der Waals surface area contributed by atoms with Crippen molar-refractivity contribution >= 4 is 34.9 Å². The molecule has 6 nitrogen and oxygen atoms in total. The molecule has 0 spiro atoms. The number of rotatable bonds is 4. The molecule has 1 aromatic heterocycles. The number of carbonyl (C=O) groups excluding carboxylic acids is 2. The zero-order chi connectivity index (χ0) is 25.0. The number of nitrogens with zero attached hydrogens (tertiary/aromatic N) is 3. The summed E-state index contributed by atoms with van der Waals surface area (Å²) in [6.07, 6.45) is 2.51. The van der Waals surface area contributed by atoms with E-state index < -0.39 is 0 Å². The molecule has 1 fully saturated rings. The number of amides is 2. The van der Waals surface area contributed by atoms with Crippen LogP contribution < -0.4 is 10.2 Å². The Labute approximate surface area is 211 Å². The molecule has 2 heterocycles. The van der Waals surface area contributed by atoms with Gasteiger partial charge in [-0.3, -0.25) is 9.59 Å². The van der Waals surface area contributed by atoms with Gasteiger partial charge < -0.3 is 15.1 Å². The van der Waals surface area contributed by atoms with Crippen LogP contribution in [0.2, 0.25) is 5.02 Å². The van der Waals surface area contributed by atoms with E-state index >= 15 is 0 Å². The molecule has 1 aliphatic rings. The van der Waals surface area contributed by atoms with Gasteiger partial charge in [-0.15, -0.1) is 0 Å². The third-order valence-corrected chi connectivity index (χ3v) is 6.56. The second-order valence-electron chi connectivity index (χ2n) is 9.80. The normalized spacial score (nSPS) is 14.4. The van der Waals surface area contributed by atoms with Gasteiger partial charge in [-0.1, -0.05) is 56.6 Å². The first-order chi connectivity index (χ1) is 16.7. The van der Waals surface area contributed by atoms with E-state index in [-0.39, 0.29) is 17.2 Å². The van der Waals surface area contributed by atoms with Crippen LogP contribution in [-0.2, 0) is 5.41 Å². The van der Waals surface area contributed by atoms with Gasteiger partial charge in [-0.05, 0) is 53.8 Å². The van der Waals surface area contributed by atoms with E-state index in [0.717, 1.165) is 18.8 Å². The standard InChI is InChI=1S/C28H31ClN4O2/c1-28(2,3)21-11-9-20(10-12-21)26(34)31-22-13-14-25(30-19-22)32-15-6-16-33(18-17-32)27(35)23-7-4-5-8-24(23)29/h4-5,7-14,19H,6,15-18H2,1-3H3,(H,31,34). The van der Waals surface area contributed by atoms with Gasteiger partial charge in [-0.25, -0.2) is 4.98 Å². The molecule has 182 valence electrons. The van der Waals surface area contributed by atoms with Crippen molar-refractivity contribution in [2.45, 2.75) is 32.6 Å². The van der Waals surface area contributed by atoms with Gasteiger partial charge in [0.1, 0.15) is 5.82 Å². The molecule has 3 aromatic rings. The minimum Gasteiger partial charge on any atom is -0.355 e. The molecule has 2 amide bonds. The van der Waals surface area contributed by atoms with Gasteiger partial charge in [0.2, 0.25) is 0 Å². The number of carbonyl (C=O) groups is 2. The first-order valence-electron chi connectivity index (χ1n) is 11.9. The Hall–Kier alpha value is -3.38. The number of nitrogens with one attached hydrogen (secondary N) is 1. The van der Waals surface area contributed by atoms with Crippen molar-refractivity contribution in [3.05, 3.63) is 88.6 Å². The van der Waals surface area contributed by atoms with Crippen molar-refractivity contribution < 1.29 is 9.59 Å². The Balaban J connectivity index is 1.36. The Bertz CT molecular complexity index is 1190. The molecule has 1 N–H and O–H groups in total. The number of anilines is 2. The summed E-state index contributed by atoms with van der Waals surface area (Å²) in [7, 11) is 0. The number of halogens is 1. The lowest BCUT2D eigenvalue weighted by atomic mass is 9.87. The molecule has 0 radical (unpaired) electrons. The quantitative estimate of drug-likeness (QED) is 0.514. The highest BCUT2D eigenvalue weighted by Crippen LogP contribution is 2.23. The Morgan fingerprint density at radius 2 is 1.66 bits per heavy atom. The molecule has 0 aliphatic carbocycles. The van der Waals surface area contributed by atoms with Crippen LogP contribution in [-0.4, -0.2) is 47.9 Å². The Morgan fingerprint density at radius 1 is 0.914 bits per heavy atom. The van der Waals surface area contributed by atoms with Crippen LogP contribution in [0.3, 0.4) is 0 Å². The summed E-state index contributed by atoms with van der Waals surface area (Å²) >= 11 is 6.22. The highest BCUT2D eigenvalue weighted by Gasteiger charge is 2.22. The molecule has 35 heavy (non-hydrogen) atoms. The average molecular weight is 491 g/mol.